The van der Waals surface area contributed by atoms with Crippen molar-refractivity contribution in [3.05, 3.63) is 34.4 Å². The largest absolute Gasteiger partial charge is 0.507 e. The van der Waals surface area contributed by atoms with Crippen molar-refractivity contribution < 1.29 is 19.4 Å². The van der Waals surface area contributed by atoms with Crippen LogP contribution in [0.15, 0.2) is 17.7 Å². The van der Waals surface area contributed by atoms with Gasteiger partial charge in [0.25, 0.3) is 0 Å². The van der Waals surface area contributed by atoms with Gasteiger partial charge in [0.1, 0.15) is 22.7 Å². The fourth-order valence-electron chi connectivity index (χ4n) is 3.72. The molecule has 1 aromatic rings. The van der Waals surface area contributed by atoms with Gasteiger partial charge in [-0.1, -0.05) is 31.4 Å². The van der Waals surface area contributed by atoms with E-state index >= 15 is 0 Å². The number of carbonyl (C=O) groups is 1. The van der Waals surface area contributed by atoms with E-state index in [2.05, 4.69) is 40.7 Å². The number of phenolic OH excluding ortho intramolecular Hbond substituents is 1. The highest BCUT2D eigenvalue weighted by molar-refractivity contribution is 5.95. The molecule has 1 aliphatic heterocycles. The molecule has 0 saturated carbocycles. The van der Waals surface area contributed by atoms with E-state index < -0.39 is 5.97 Å². The predicted molar refractivity (Wildman–Crippen MR) is 109 cm³/mol. The Balaban J connectivity index is 2.47. The number of phenols is 1. The minimum Gasteiger partial charge on any atom is -0.507 e. The molecule has 0 spiro atoms. The van der Waals surface area contributed by atoms with Gasteiger partial charge in [0.05, 0.1) is 7.11 Å². The fourth-order valence-corrected chi connectivity index (χ4v) is 3.72. The van der Waals surface area contributed by atoms with E-state index in [1.165, 1.54) is 12.7 Å². The Labute approximate surface area is 163 Å². The van der Waals surface area contributed by atoms with Crippen LogP contribution in [0.4, 0.5) is 0 Å². The van der Waals surface area contributed by atoms with Crippen LogP contribution in [0.25, 0.3) is 0 Å². The van der Waals surface area contributed by atoms with Crippen molar-refractivity contribution in [1.82, 2.24) is 0 Å². The Kier molecular flexibility index (Phi) is 6.96. The second-order valence-electron chi connectivity index (χ2n) is 8.31. The van der Waals surface area contributed by atoms with Crippen LogP contribution in [0.5, 0.6) is 11.5 Å². The number of esters is 1. The van der Waals surface area contributed by atoms with E-state index in [-0.39, 0.29) is 17.3 Å². The maximum atomic E-state index is 12.4. The number of benzene rings is 1. The number of rotatable bonds is 7. The van der Waals surface area contributed by atoms with Crippen molar-refractivity contribution in [3.63, 3.8) is 0 Å². The first-order valence-electron chi connectivity index (χ1n) is 9.99. The molecular formula is C23H34O4. The molecule has 1 heterocycles. The van der Waals surface area contributed by atoms with Gasteiger partial charge >= 0.3 is 5.97 Å². The highest BCUT2D eigenvalue weighted by Crippen LogP contribution is 2.45. The van der Waals surface area contributed by atoms with Gasteiger partial charge in [-0.25, -0.2) is 4.79 Å². The quantitative estimate of drug-likeness (QED) is 0.383. The van der Waals surface area contributed by atoms with Gasteiger partial charge in [-0.3, -0.25) is 0 Å². The molecule has 1 aromatic carbocycles. The third-order valence-corrected chi connectivity index (χ3v) is 5.50. The zero-order valence-electron chi connectivity index (χ0n) is 17.6. The average Bonchev–Trinajstić information content (AvgIpc) is 2.59. The molecule has 1 atom stereocenters. The van der Waals surface area contributed by atoms with Gasteiger partial charge in [0.15, 0.2) is 0 Å². The number of methoxy groups -OCH3 is 1. The van der Waals surface area contributed by atoms with Crippen molar-refractivity contribution in [2.24, 2.45) is 5.92 Å². The van der Waals surface area contributed by atoms with Crippen LogP contribution in [-0.4, -0.2) is 23.8 Å². The van der Waals surface area contributed by atoms with Crippen molar-refractivity contribution in [3.8, 4) is 11.5 Å². The number of ether oxygens (including phenoxy) is 2. The first-order valence-corrected chi connectivity index (χ1v) is 9.99. The number of aromatic hydroxyl groups is 1. The minimum absolute atomic E-state index is 0.0311. The summed E-state index contributed by atoms with van der Waals surface area (Å²) in [4.78, 5) is 12.4. The lowest BCUT2D eigenvalue weighted by molar-refractivity contribution is 0.0270. The summed E-state index contributed by atoms with van der Waals surface area (Å²) < 4.78 is 11.3. The van der Waals surface area contributed by atoms with Gasteiger partial charge in [-0.15, -0.1) is 0 Å². The van der Waals surface area contributed by atoms with Crippen LogP contribution in [0.2, 0.25) is 0 Å². The Hall–Kier alpha value is -1.97. The lowest BCUT2D eigenvalue weighted by Gasteiger charge is -2.40. The van der Waals surface area contributed by atoms with Crippen LogP contribution in [-0.2, 0) is 17.6 Å². The number of hydrogen-bond acceptors (Lipinski definition) is 4. The van der Waals surface area contributed by atoms with Gasteiger partial charge in [0.2, 0.25) is 0 Å². The second-order valence-corrected chi connectivity index (χ2v) is 8.31. The summed E-state index contributed by atoms with van der Waals surface area (Å²) in [6, 6.07) is 1.94. The molecule has 1 aliphatic rings. The van der Waals surface area contributed by atoms with Gasteiger partial charge < -0.3 is 14.6 Å². The van der Waals surface area contributed by atoms with Crippen molar-refractivity contribution in [1.29, 1.82) is 0 Å². The summed E-state index contributed by atoms with van der Waals surface area (Å²) >= 11 is 0. The summed E-state index contributed by atoms with van der Waals surface area (Å²) in [5.74, 6) is 0.475. The van der Waals surface area contributed by atoms with Gasteiger partial charge in [0, 0.05) is 11.5 Å². The maximum Gasteiger partial charge on any atom is 0.341 e. The number of fused-ring (bicyclic) bond motifs is 1. The molecule has 0 radical (unpaired) electrons. The molecule has 0 fully saturated rings. The number of allylic oxidation sites excluding steroid dienone is 2. The number of hydrogen-bond donors (Lipinski definition) is 1. The third kappa shape index (κ3) is 4.85. The molecule has 0 bridgehead atoms. The molecule has 0 saturated heterocycles. The molecule has 1 unspecified atom stereocenters. The summed E-state index contributed by atoms with van der Waals surface area (Å²) in [6.07, 6.45) is 7.63. The molecule has 2 rings (SSSR count). The van der Waals surface area contributed by atoms with Crippen molar-refractivity contribution in [2.75, 3.05) is 7.11 Å². The molecule has 0 aliphatic carbocycles. The highest BCUT2D eigenvalue weighted by atomic mass is 16.5. The standard InChI is InChI=1S/C23H34O4/c1-7-8-9-10-16-13-19-18(21(24)20(16)22(25)26-6)14-17(12-11-15(2)3)23(4,5)27-19/h11,13,17,24H,7-10,12,14H2,1-6H3. The summed E-state index contributed by atoms with van der Waals surface area (Å²) in [6.45, 7) is 10.5. The van der Waals surface area contributed by atoms with E-state index in [1.807, 2.05) is 6.07 Å². The Morgan fingerprint density at radius 2 is 2.07 bits per heavy atom. The highest BCUT2D eigenvalue weighted by Gasteiger charge is 2.39. The second kappa shape index (κ2) is 8.81. The Bertz CT molecular complexity index is 712. The fraction of sp³-hybridized carbons (Fsp3) is 0.609. The normalized spacial score (nSPS) is 17.6. The molecule has 0 amide bonds. The topological polar surface area (TPSA) is 55.8 Å². The van der Waals surface area contributed by atoms with E-state index in [9.17, 15) is 9.90 Å². The molecule has 1 N–H and O–H groups in total. The predicted octanol–water partition coefficient (Wildman–Crippen LogP) is 5.60. The number of unbranched alkanes of at least 4 members (excludes halogenated alkanes) is 2. The summed E-state index contributed by atoms with van der Waals surface area (Å²) in [7, 11) is 1.36. The van der Waals surface area contributed by atoms with Gasteiger partial charge in [-0.05, 0) is 65.0 Å². The Morgan fingerprint density at radius 1 is 1.37 bits per heavy atom. The molecule has 27 heavy (non-hydrogen) atoms. The first kappa shape index (κ1) is 21.3. The van der Waals surface area contributed by atoms with Crippen LogP contribution in [0, 0.1) is 5.92 Å². The van der Waals surface area contributed by atoms with Crippen LogP contribution in [0.1, 0.15) is 81.8 Å². The molecule has 4 heteroatoms. The lowest BCUT2D eigenvalue weighted by Crippen LogP contribution is -2.42. The SMILES string of the molecule is CCCCCc1cc2c(c(O)c1C(=O)OC)CC(CC=C(C)C)C(C)(C)O2. The lowest BCUT2D eigenvalue weighted by atomic mass is 9.79. The number of aryl methyl sites for hydroxylation is 1. The molecule has 150 valence electrons. The third-order valence-electron chi connectivity index (χ3n) is 5.50. The summed E-state index contributed by atoms with van der Waals surface area (Å²) in [5, 5.41) is 10.9. The smallest absolute Gasteiger partial charge is 0.341 e. The first-order chi connectivity index (χ1) is 12.7. The summed E-state index contributed by atoms with van der Waals surface area (Å²) in [5.41, 5.74) is 2.77. The molecular weight excluding hydrogens is 340 g/mol. The van der Waals surface area contributed by atoms with E-state index in [4.69, 9.17) is 9.47 Å². The van der Waals surface area contributed by atoms with Crippen LogP contribution >= 0.6 is 0 Å². The molecule has 4 nitrogen and oxygen atoms in total. The minimum atomic E-state index is -0.479. The van der Waals surface area contributed by atoms with Crippen LogP contribution < -0.4 is 4.74 Å². The van der Waals surface area contributed by atoms with E-state index in [0.29, 0.717) is 17.7 Å². The van der Waals surface area contributed by atoms with Crippen LogP contribution in [0.3, 0.4) is 0 Å². The number of carbonyl (C=O) groups excluding carboxylic acids is 1. The van der Waals surface area contributed by atoms with Gasteiger partial charge in [-0.2, -0.15) is 0 Å². The monoisotopic (exact) mass is 374 g/mol. The molecule has 0 aromatic heterocycles. The Morgan fingerprint density at radius 3 is 2.67 bits per heavy atom. The van der Waals surface area contributed by atoms with Crippen molar-refractivity contribution >= 4 is 5.97 Å². The van der Waals surface area contributed by atoms with E-state index in [0.717, 1.165) is 43.2 Å². The maximum absolute atomic E-state index is 12.4. The average molecular weight is 375 g/mol. The zero-order valence-corrected chi connectivity index (χ0v) is 17.6. The zero-order chi connectivity index (χ0) is 20.2. The van der Waals surface area contributed by atoms with E-state index in [1.54, 1.807) is 0 Å². The van der Waals surface area contributed by atoms with Crippen molar-refractivity contribution in [2.45, 2.75) is 78.7 Å².